The molecule has 0 radical (unpaired) electrons. The highest BCUT2D eigenvalue weighted by Gasteiger charge is 2.06. The van der Waals surface area contributed by atoms with E-state index in [0.717, 1.165) is 23.9 Å². The van der Waals surface area contributed by atoms with Crippen molar-refractivity contribution in [3.8, 4) is 5.82 Å². The number of aromatic nitrogens is 5. The highest BCUT2D eigenvalue weighted by Crippen LogP contribution is 2.19. The summed E-state index contributed by atoms with van der Waals surface area (Å²) in [7, 11) is 0. The molecule has 0 aliphatic heterocycles. The Kier molecular flexibility index (Phi) is 4.91. The van der Waals surface area contributed by atoms with Gasteiger partial charge in [0.2, 0.25) is 5.91 Å². The molecule has 0 fully saturated rings. The second-order valence-electron chi connectivity index (χ2n) is 6.35. The molecule has 0 aliphatic rings. The molecule has 4 rings (SSSR count). The molecule has 7 nitrogen and oxygen atoms in total. The smallest absolute Gasteiger partial charge is 0.220 e. The second-order valence-corrected chi connectivity index (χ2v) is 6.35. The summed E-state index contributed by atoms with van der Waals surface area (Å²) in [6.07, 6.45) is 9.03. The van der Waals surface area contributed by atoms with Gasteiger partial charge >= 0.3 is 0 Å². The van der Waals surface area contributed by atoms with E-state index in [9.17, 15) is 4.79 Å². The van der Waals surface area contributed by atoms with Crippen LogP contribution in [0.15, 0.2) is 61.4 Å². The Morgan fingerprint density at radius 2 is 2.11 bits per heavy atom. The van der Waals surface area contributed by atoms with Crippen LogP contribution in [0.5, 0.6) is 0 Å². The van der Waals surface area contributed by atoms with E-state index in [1.807, 2.05) is 30.5 Å². The van der Waals surface area contributed by atoms with Gasteiger partial charge in [0.15, 0.2) is 5.82 Å². The van der Waals surface area contributed by atoms with Crippen molar-refractivity contribution in [2.45, 2.75) is 25.8 Å². The number of fused-ring (bicyclic) bond motifs is 1. The number of carbonyl (C=O) groups is 1. The lowest BCUT2D eigenvalue weighted by Gasteiger charge is -2.06. The first-order valence-corrected chi connectivity index (χ1v) is 8.91. The molecule has 7 heteroatoms. The topological polar surface area (TPSA) is 88.5 Å². The number of para-hydroxylation sites is 1. The van der Waals surface area contributed by atoms with E-state index < -0.39 is 0 Å². The van der Waals surface area contributed by atoms with Gasteiger partial charge in [0.25, 0.3) is 0 Å². The van der Waals surface area contributed by atoms with Crippen molar-refractivity contribution in [3.63, 3.8) is 0 Å². The zero-order valence-corrected chi connectivity index (χ0v) is 14.8. The summed E-state index contributed by atoms with van der Waals surface area (Å²) in [5.41, 5.74) is 3.34. The van der Waals surface area contributed by atoms with Crippen molar-refractivity contribution in [2.24, 2.45) is 0 Å². The Morgan fingerprint density at radius 1 is 1.19 bits per heavy atom. The van der Waals surface area contributed by atoms with Gasteiger partial charge in [0, 0.05) is 36.3 Å². The van der Waals surface area contributed by atoms with E-state index in [1.165, 1.54) is 17.3 Å². The molecule has 3 heterocycles. The third-order valence-electron chi connectivity index (χ3n) is 4.48. The molecular weight excluding hydrogens is 340 g/mol. The van der Waals surface area contributed by atoms with Crippen LogP contribution < -0.4 is 5.32 Å². The number of aromatic amines is 1. The molecule has 0 unspecified atom stereocenters. The molecule has 4 aromatic rings. The summed E-state index contributed by atoms with van der Waals surface area (Å²) in [6.45, 7) is 0.469. The second kappa shape index (κ2) is 7.82. The molecule has 0 spiro atoms. The van der Waals surface area contributed by atoms with Crippen LogP contribution >= 0.6 is 0 Å². The van der Waals surface area contributed by atoms with Crippen LogP contribution in [0.4, 0.5) is 0 Å². The van der Waals surface area contributed by atoms with Gasteiger partial charge in [-0.25, -0.2) is 14.6 Å². The van der Waals surface area contributed by atoms with Crippen molar-refractivity contribution >= 4 is 16.8 Å². The molecule has 1 aromatic carbocycles. The van der Waals surface area contributed by atoms with Gasteiger partial charge in [-0.3, -0.25) is 4.79 Å². The number of carbonyl (C=O) groups excluding carboxylic acids is 1. The third kappa shape index (κ3) is 4.03. The van der Waals surface area contributed by atoms with Crippen LogP contribution in [0.2, 0.25) is 0 Å². The number of hydrogen-bond donors (Lipinski definition) is 2. The van der Waals surface area contributed by atoms with Gasteiger partial charge < -0.3 is 10.3 Å². The summed E-state index contributed by atoms with van der Waals surface area (Å²) >= 11 is 0. The van der Waals surface area contributed by atoms with Crippen molar-refractivity contribution in [1.29, 1.82) is 0 Å². The SMILES string of the molecule is O=C(CCCc1c[nH]c2ccccc12)NCc1ccc(-n2cncn2)nc1. The number of aryl methyl sites for hydroxylation is 1. The molecule has 0 saturated heterocycles. The molecule has 0 bridgehead atoms. The number of pyridine rings is 1. The Bertz CT molecular complexity index is 1020. The minimum absolute atomic E-state index is 0.0511. The van der Waals surface area contributed by atoms with Crippen LogP contribution in [0.3, 0.4) is 0 Å². The fourth-order valence-electron chi connectivity index (χ4n) is 3.05. The van der Waals surface area contributed by atoms with Crippen LogP contribution in [0.25, 0.3) is 16.7 Å². The minimum atomic E-state index is 0.0511. The lowest BCUT2D eigenvalue weighted by molar-refractivity contribution is -0.121. The van der Waals surface area contributed by atoms with Crippen LogP contribution in [0.1, 0.15) is 24.0 Å². The first-order chi connectivity index (χ1) is 13.3. The number of hydrogen-bond acceptors (Lipinski definition) is 4. The standard InChI is InChI=1S/C20H20N6O/c27-20(7-3-4-16-12-22-18-6-2-1-5-17(16)18)24-11-15-8-9-19(23-10-15)26-14-21-13-25-26/h1-2,5-6,8-10,12-14,22H,3-4,7,11H2,(H,24,27). The predicted molar refractivity (Wildman–Crippen MR) is 102 cm³/mol. The Labute approximate surface area is 156 Å². The number of benzene rings is 1. The minimum Gasteiger partial charge on any atom is -0.361 e. The zero-order chi connectivity index (χ0) is 18.5. The zero-order valence-electron chi connectivity index (χ0n) is 14.8. The molecule has 0 atom stereocenters. The highest BCUT2D eigenvalue weighted by molar-refractivity contribution is 5.83. The number of amides is 1. The molecule has 27 heavy (non-hydrogen) atoms. The molecule has 0 saturated carbocycles. The molecule has 2 N–H and O–H groups in total. The Morgan fingerprint density at radius 3 is 2.93 bits per heavy atom. The van der Waals surface area contributed by atoms with Crippen molar-refractivity contribution < 1.29 is 4.79 Å². The molecule has 3 aromatic heterocycles. The monoisotopic (exact) mass is 360 g/mol. The fourth-order valence-corrected chi connectivity index (χ4v) is 3.05. The summed E-state index contributed by atoms with van der Waals surface area (Å²) in [6, 6.07) is 12.0. The number of rotatable bonds is 7. The molecular formula is C20H20N6O. The van der Waals surface area contributed by atoms with E-state index in [4.69, 9.17) is 0 Å². The number of nitrogens with zero attached hydrogens (tertiary/aromatic N) is 4. The average Bonchev–Trinajstić information content (AvgIpc) is 3.37. The van der Waals surface area contributed by atoms with Gasteiger partial charge in [-0.1, -0.05) is 24.3 Å². The van der Waals surface area contributed by atoms with E-state index in [1.54, 1.807) is 17.2 Å². The molecule has 1 amide bonds. The maximum absolute atomic E-state index is 12.1. The van der Waals surface area contributed by atoms with E-state index >= 15 is 0 Å². The molecule has 0 aliphatic carbocycles. The normalized spacial score (nSPS) is 11.0. The average molecular weight is 360 g/mol. The van der Waals surface area contributed by atoms with Crippen molar-refractivity contribution in [3.05, 3.63) is 72.6 Å². The van der Waals surface area contributed by atoms with Crippen molar-refractivity contribution in [1.82, 2.24) is 30.0 Å². The highest BCUT2D eigenvalue weighted by atomic mass is 16.1. The summed E-state index contributed by atoms with van der Waals surface area (Å²) in [4.78, 5) is 23.6. The van der Waals surface area contributed by atoms with Gasteiger partial charge in [0.05, 0.1) is 0 Å². The number of nitrogens with one attached hydrogen (secondary N) is 2. The van der Waals surface area contributed by atoms with Gasteiger partial charge in [0.1, 0.15) is 12.7 Å². The summed E-state index contributed by atoms with van der Waals surface area (Å²) in [5, 5.41) is 8.22. The van der Waals surface area contributed by atoms with Crippen LogP contribution in [0, 0.1) is 0 Å². The van der Waals surface area contributed by atoms with Crippen LogP contribution in [-0.2, 0) is 17.8 Å². The predicted octanol–water partition coefficient (Wildman–Crippen LogP) is 2.78. The fraction of sp³-hybridized carbons (Fsp3) is 0.200. The lowest BCUT2D eigenvalue weighted by Crippen LogP contribution is -2.22. The third-order valence-corrected chi connectivity index (χ3v) is 4.48. The van der Waals surface area contributed by atoms with Crippen LogP contribution in [-0.4, -0.2) is 30.6 Å². The first kappa shape index (κ1) is 17.0. The first-order valence-electron chi connectivity index (χ1n) is 8.91. The van der Waals surface area contributed by atoms with Gasteiger partial charge in [-0.15, -0.1) is 0 Å². The largest absolute Gasteiger partial charge is 0.361 e. The Hall–Kier alpha value is -3.48. The summed E-state index contributed by atoms with van der Waals surface area (Å²) < 4.78 is 1.59. The summed E-state index contributed by atoms with van der Waals surface area (Å²) in [5.74, 6) is 0.747. The quantitative estimate of drug-likeness (QED) is 0.530. The van der Waals surface area contributed by atoms with Gasteiger partial charge in [-0.05, 0) is 36.1 Å². The van der Waals surface area contributed by atoms with Crippen molar-refractivity contribution in [2.75, 3.05) is 0 Å². The van der Waals surface area contributed by atoms with Gasteiger partial charge in [-0.2, -0.15) is 5.10 Å². The van der Waals surface area contributed by atoms with E-state index in [-0.39, 0.29) is 5.91 Å². The maximum atomic E-state index is 12.1. The molecule has 136 valence electrons. The van der Waals surface area contributed by atoms with E-state index in [0.29, 0.717) is 18.8 Å². The Balaban J connectivity index is 1.24. The van der Waals surface area contributed by atoms with E-state index in [2.05, 4.69) is 37.5 Å². The lowest BCUT2D eigenvalue weighted by atomic mass is 10.1. The maximum Gasteiger partial charge on any atom is 0.220 e. The number of H-pyrrole nitrogens is 1.